The fourth-order valence-corrected chi connectivity index (χ4v) is 3.19. The molecule has 0 unspecified atom stereocenters. The lowest BCUT2D eigenvalue weighted by molar-refractivity contribution is 0.483. The van der Waals surface area contributed by atoms with Crippen molar-refractivity contribution < 1.29 is 4.74 Å². The van der Waals surface area contributed by atoms with Gasteiger partial charge in [0.15, 0.2) is 0 Å². The number of hydrogen-bond donors (Lipinski definition) is 3. The molecule has 142 valence electrons. The summed E-state index contributed by atoms with van der Waals surface area (Å²) in [6.07, 6.45) is 1.71. The summed E-state index contributed by atoms with van der Waals surface area (Å²) in [4.78, 5) is 4.55. The zero-order valence-electron chi connectivity index (χ0n) is 15.7. The average molecular weight is 380 g/mol. The molecule has 0 bridgehead atoms. The van der Waals surface area contributed by atoms with E-state index in [1.165, 1.54) is 0 Å². The third-order valence-corrected chi connectivity index (χ3v) is 4.58. The number of hydrogen-bond acceptors (Lipinski definition) is 4. The minimum absolute atomic E-state index is 0.0957. The van der Waals surface area contributed by atoms with Crippen LogP contribution < -0.4 is 16.2 Å². The maximum atomic E-state index is 8.06. The molecule has 0 amide bonds. The third kappa shape index (κ3) is 3.80. The summed E-state index contributed by atoms with van der Waals surface area (Å²) >= 11 is 0. The molecule has 0 aliphatic heterocycles. The lowest BCUT2D eigenvalue weighted by atomic mass is 9.97. The van der Waals surface area contributed by atoms with Gasteiger partial charge >= 0.3 is 0 Å². The van der Waals surface area contributed by atoms with Crippen molar-refractivity contribution in [2.75, 3.05) is 5.73 Å². The summed E-state index contributed by atoms with van der Waals surface area (Å²) in [6, 6.07) is 26.8. The van der Waals surface area contributed by atoms with Crippen molar-refractivity contribution in [1.82, 2.24) is 4.98 Å². The lowest BCUT2D eigenvalue weighted by Gasteiger charge is -2.15. The summed E-state index contributed by atoms with van der Waals surface area (Å²) in [7, 11) is 0. The second kappa shape index (κ2) is 7.86. The van der Waals surface area contributed by atoms with Gasteiger partial charge in [0, 0.05) is 17.3 Å². The van der Waals surface area contributed by atoms with Gasteiger partial charge in [-0.3, -0.25) is 10.4 Å². The molecule has 0 aliphatic rings. The van der Waals surface area contributed by atoms with E-state index in [-0.39, 0.29) is 5.84 Å². The molecule has 5 nitrogen and oxygen atoms in total. The van der Waals surface area contributed by atoms with E-state index in [0.29, 0.717) is 28.3 Å². The van der Waals surface area contributed by atoms with Crippen LogP contribution in [0.1, 0.15) is 5.56 Å². The van der Waals surface area contributed by atoms with Crippen molar-refractivity contribution >= 4 is 11.5 Å². The highest BCUT2D eigenvalue weighted by molar-refractivity contribution is 6.08. The van der Waals surface area contributed by atoms with Crippen LogP contribution in [0, 0.1) is 5.41 Å². The minimum atomic E-state index is -0.0957. The Labute approximate surface area is 169 Å². The molecule has 0 fully saturated rings. The molecule has 3 aromatic carbocycles. The summed E-state index contributed by atoms with van der Waals surface area (Å²) in [6.45, 7) is 0. The number of nitrogens with zero attached hydrogens (tertiary/aromatic N) is 1. The van der Waals surface area contributed by atoms with Gasteiger partial charge in [-0.05, 0) is 29.8 Å². The van der Waals surface area contributed by atoms with Gasteiger partial charge in [-0.25, -0.2) is 0 Å². The van der Waals surface area contributed by atoms with Crippen LogP contribution in [-0.2, 0) is 0 Å². The molecule has 4 aromatic rings. The molecule has 1 heterocycles. The Balaban J connectivity index is 1.71. The van der Waals surface area contributed by atoms with Gasteiger partial charge in [0.25, 0.3) is 0 Å². The summed E-state index contributed by atoms with van der Waals surface area (Å²) in [5.74, 6) is 1.38. The van der Waals surface area contributed by atoms with Gasteiger partial charge in [-0.2, -0.15) is 0 Å². The highest BCUT2D eigenvalue weighted by Crippen LogP contribution is 2.34. The molecule has 0 radical (unpaired) electrons. The molecule has 0 saturated carbocycles. The summed E-state index contributed by atoms with van der Waals surface area (Å²) in [5.41, 5.74) is 16.2. The van der Waals surface area contributed by atoms with E-state index >= 15 is 0 Å². The van der Waals surface area contributed by atoms with Crippen LogP contribution in [0.15, 0.2) is 91.1 Å². The molecule has 5 heteroatoms. The highest BCUT2D eigenvalue weighted by atomic mass is 16.5. The third-order valence-electron chi connectivity index (χ3n) is 4.58. The number of benzene rings is 3. The first-order valence-corrected chi connectivity index (χ1v) is 9.15. The van der Waals surface area contributed by atoms with Gasteiger partial charge in [0.2, 0.25) is 0 Å². The second-order valence-electron chi connectivity index (χ2n) is 6.53. The maximum Gasteiger partial charge on any atom is 0.127 e. The first-order chi connectivity index (χ1) is 14.1. The molecular formula is C24H20N4O. The van der Waals surface area contributed by atoms with Crippen LogP contribution in [0.4, 0.5) is 5.69 Å². The Morgan fingerprint density at radius 3 is 1.97 bits per heavy atom. The number of rotatable bonds is 5. The summed E-state index contributed by atoms with van der Waals surface area (Å²) in [5, 5.41) is 8.06. The smallest absolute Gasteiger partial charge is 0.127 e. The maximum absolute atomic E-state index is 8.06. The Hall–Kier alpha value is -4.12. The minimum Gasteiger partial charge on any atom is -0.457 e. The number of nitrogen functional groups attached to an aromatic ring is 2. The number of amidine groups is 1. The average Bonchev–Trinajstić information content (AvgIpc) is 2.75. The van der Waals surface area contributed by atoms with Gasteiger partial charge in [0.05, 0.1) is 16.9 Å². The number of pyridine rings is 1. The lowest BCUT2D eigenvalue weighted by Crippen LogP contribution is -2.16. The highest BCUT2D eigenvalue weighted by Gasteiger charge is 2.17. The predicted octanol–water partition coefficient (Wildman–Crippen LogP) is 5.07. The van der Waals surface area contributed by atoms with Crippen molar-refractivity contribution in [3.05, 3.63) is 96.7 Å². The number of aromatic nitrogens is 1. The molecule has 1 aromatic heterocycles. The normalized spacial score (nSPS) is 10.5. The van der Waals surface area contributed by atoms with Crippen LogP contribution in [0.5, 0.6) is 11.5 Å². The van der Waals surface area contributed by atoms with E-state index in [0.717, 1.165) is 16.9 Å². The predicted molar refractivity (Wildman–Crippen MR) is 117 cm³/mol. The van der Waals surface area contributed by atoms with Gasteiger partial charge in [-0.15, -0.1) is 0 Å². The molecule has 0 spiro atoms. The van der Waals surface area contributed by atoms with E-state index in [1.54, 1.807) is 6.20 Å². The Morgan fingerprint density at radius 1 is 0.759 bits per heavy atom. The van der Waals surface area contributed by atoms with Crippen molar-refractivity contribution in [3.63, 3.8) is 0 Å². The zero-order valence-corrected chi connectivity index (χ0v) is 15.7. The first-order valence-electron chi connectivity index (χ1n) is 9.15. The van der Waals surface area contributed by atoms with Gasteiger partial charge in [0.1, 0.15) is 17.3 Å². The number of para-hydroxylation sites is 1. The van der Waals surface area contributed by atoms with Crippen LogP contribution in [-0.4, -0.2) is 10.8 Å². The van der Waals surface area contributed by atoms with Crippen molar-refractivity contribution in [1.29, 1.82) is 5.41 Å². The first kappa shape index (κ1) is 18.3. The van der Waals surface area contributed by atoms with Crippen molar-refractivity contribution in [2.45, 2.75) is 0 Å². The molecule has 4 rings (SSSR count). The molecule has 5 N–H and O–H groups in total. The topological polar surface area (TPSA) is 98.0 Å². The second-order valence-corrected chi connectivity index (χ2v) is 6.53. The molecule has 0 aliphatic carbocycles. The standard InChI is InChI=1S/C24H20N4O/c25-22-21(24(26)27)20(15-28-23(22)17-7-3-1-4-8-17)16-11-13-19(14-12-16)29-18-9-5-2-6-10-18/h1-15H,25H2,(H3,26,27). The Morgan fingerprint density at radius 2 is 1.34 bits per heavy atom. The molecular weight excluding hydrogens is 360 g/mol. The fraction of sp³-hybridized carbons (Fsp3) is 0. The number of ether oxygens (including phenoxy) is 1. The van der Waals surface area contributed by atoms with Crippen LogP contribution in [0.2, 0.25) is 0 Å². The SMILES string of the molecule is N=C(N)c1c(-c2ccc(Oc3ccccc3)cc2)cnc(-c2ccccc2)c1N. The number of nitrogens with one attached hydrogen (secondary N) is 1. The van der Waals surface area contributed by atoms with Gasteiger partial charge in [-0.1, -0.05) is 60.7 Å². The van der Waals surface area contributed by atoms with Crippen LogP contribution in [0.25, 0.3) is 22.4 Å². The van der Waals surface area contributed by atoms with E-state index in [1.807, 2.05) is 84.9 Å². The Kier molecular flexibility index (Phi) is 4.95. The summed E-state index contributed by atoms with van der Waals surface area (Å²) < 4.78 is 5.84. The van der Waals surface area contributed by atoms with Crippen LogP contribution in [0.3, 0.4) is 0 Å². The van der Waals surface area contributed by atoms with E-state index in [9.17, 15) is 0 Å². The Bertz CT molecular complexity index is 1140. The molecule has 29 heavy (non-hydrogen) atoms. The van der Waals surface area contributed by atoms with E-state index < -0.39 is 0 Å². The number of nitrogens with two attached hydrogens (primary N) is 2. The van der Waals surface area contributed by atoms with Gasteiger partial charge < -0.3 is 16.2 Å². The monoisotopic (exact) mass is 380 g/mol. The zero-order chi connectivity index (χ0) is 20.2. The quantitative estimate of drug-likeness (QED) is 0.332. The van der Waals surface area contributed by atoms with Crippen molar-refractivity contribution in [3.8, 4) is 33.9 Å². The van der Waals surface area contributed by atoms with E-state index in [4.69, 9.17) is 21.6 Å². The van der Waals surface area contributed by atoms with Crippen LogP contribution >= 0.6 is 0 Å². The molecule has 0 saturated heterocycles. The van der Waals surface area contributed by atoms with E-state index in [2.05, 4.69) is 4.98 Å². The van der Waals surface area contributed by atoms with Crippen molar-refractivity contribution in [2.24, 2.45) is 5.73 Å². The molecule has 0 atom stereocenters. The number of anilines is 1. The fourth-order valence-electron chi connectivity index (χ4n) is 3.19. The largest absolute Gasteiger partial charge is 0.457 e.